The van der Waals surface area contributed by atoms with Gasteiger partial charge < -0.3 is 15.7 Å². The first kappa shape index (κ1) is 19.1. The summed E-state index contributed by atoms with van der Waals surface area (Å²) < 4.78 is 0. The molecule has 1 aromatic carbocycles. The predicted molar refractivity (Wildman–Crippen MR) is 95.0 cm³/mol. The van der Waals surface area contributed by atoms with Gasteiger partial charge in [0, 0.05) is 12.1 Å². The smallest absolute Gasteiger partial charge is 0.0940 e. The van der Waals surface area contributed by atoms with Crippen LogP contribution in [0.25, 0.3) is 0 Å². The summed E-state index contributed by atoms with van der Waals surface area (Å²) in [4.78, 5) is 0. The molecule has 1 unspecified atom stereocenters. The third-order valence-corrected chi connectivity index (χ3v) is 4.72. The lowest BCUT2D eigenvalue weighted by Gasteiger charge is -2.17. The number of benzene rings is 1. The Morgan fingerprint density at radius 1 is 1.05 bits per heavy atom. The van der Waals surface area contributed by atoms with E-state index in [1.54, 1.807) is 0 Å². The first-order chi connectivity index (χ1) is 10.6. The summed E-state index contributed by atoms with van der Waals surface area (Å²) in [5.41, 5.74) is 0.958. The Morgan fingerprint density at radius 3 is 2.14 bits per heavy atom. The standard InChI is InChI=1S/C10H15NO.C9H19N/c1-8(11-2)10(12)9-6-4-3-5-7-9;1-8(10-2)7-9-5-3-4-6-9/h3-8,10-12H,1-2H3;8-10H,3-7H2,1-2H3/t8-,10-;/m0./s1. The van der Waals surface area contributed by atoms with E-state index < -0.39 is 6.10 Å². The molecule has 126 valence electrons. The molecule has 0 bridgehead atoms. The molecule has 0 amide bonds. The number of aliphatic hydroxyl groups is 1. The molecule has 3 atom stereocenters. The van der Waals surface area contributed by atoms with Gasteiger partial charge in [0.2, 0.25) is 0 Å². The van der Waals surface area contributed by atoms with Gasteiger partial charge in [0.25, 0.3) is 0 Å². The fourth-order valence-corrected chi connectivity index (χ4v) is 2.96. The lowest BCUT2D eigenvalue weighted by molar-refractivity contribution is 0.140. The minimum Gasteiger partial charge on any atom is -0.387 e. The third-order valence-electron chi connectivity index (χ3n) is 4.72. The van der Waals surface area contributed by atoms with Crippen molar-refractivity contribution in [1.29, 1.82) is 0 Å². The highest BCUT2D eigenvalue weighted by Crippen LogP contribution is 2.28. The summed E-state index contributed by atoms with van der Waals surface area (Å²) in [6.45, 7) is 4.23. The van der Waals surface area contributed by atoms with Gasteiger partial charge in [0.15, 0.2) is 0 Å². The van der Waals surface area contributed by atoms with Gasteiger partial charge in [-0.1, -0.05) is 56.0 Å². The summed E-state index contributed by atoms with van der Waals surface area (Å²) in [5, 5.41) is 16.0. The zero-order valence-electron chi connectivity index (χ0n) is 14.7. The number of aliphatic hydroxyl groups excluding tert-OH is 1. The van der Waals surface area contributed by atoms with Crippen LogP contribution in [0.15, 0.2) is 30.3 Å². The molecule has 1 aromatic rings. The molecule has 22 heavy (non-hydrogen) atoms. The highest BCUT2D eigenvalue weighted by atomic mass is 16.3. The maximum atomic E-state index is 9.73. The topological polar surface area (TPSA) is 44.3 Å². The van der Waals surface area contributed by atoms with Gasteiger partial charge in [0.05, 0.1) is 6.10 Å². The van der Waals surface area contributed by atoms with Crippen molar-refractivity contribution in [2.45, 2.75) is 64.1 Å². The second kappa shape index (κ2) is 10.8. The molecular weight excluding hydrogens is 272 g/mol. The number of hydrogen-bond acceptors (Lipinski definition) is 3. The van der Waals surface area contributed by atoms with E-state index in [0.29, 0.717) is 0 Å². The average Bonchev–Trinajstić information content (AvgIpc) is 3.07. The number of likely N-dealkylation sites (N-methyl/N-ethyl adjacent to an activating group) is 1. The largest absolute Gasteiger partial charge is 0.387 e. The Balaban J connectivity index is 0.000000224. The van der Waals surface area contributed by atoms with E-state index in [0.717, 1.165) is 17.5 Å². The Hall–Kier alpha value is -0.900. The lowest BCUT2D eigenvalue weighted by Crippen LogP contribution is -2.28. The summed E-state index contributed by atoms with van der Waals surface area (Å²) in [7, 11) is 3.90. The lowest BCUT2D eigenvalue weighted by atomic mass is 10.00. The van der Waals surface area contributed by atoms with Crippen molar-refractivity contribution in [2.75, 3.05) is 14.1 Å². The highest BCUT2D eigenvalue weighted by molar-refractivity contribution is 5.18. The van der Waals surface area contributed by atoms with E-state index in [4.69, 9.17) is 0 Å². The van der Waals surface area contributed by atoms with Crippen molar-refractivity contribution in [3.8, 4) is 0 Å². The van der Waals surface area contributed by atoms with E-state index in [9.17, 15) is 5.11 Å². The zero-order valence-corrected chi connectivity index (χ0v) is 14.7. The Morgan fingerprint density at radius 2 is 1.64 bits per heavy atom. The minimum absolute atomic E-state index is 0.0902. The Labute approximate surface area is 136 Å². The van der Waals surface area contributed by atoms with Crippen LogP contribution >= 0.6 is 0 Å². The molecule has 2 rings (SSSR count). The molecule has 0 spiro atoms. The first-order valence-corrected chi connectivity index (χ1v) is 8.66. The molecular formula is C19H34N2O. The maximum absolute atomic E-state index is 9.73. The first-order valence-electron chi connectivity index (χ1n) is 8.66. The fourth-order valence-electron chi connectivity index (χ4n) is 2.96. The fraction of sp³-hybridized carbons (Fsp3) is 0.684. The van der Waals surface area contributed by atoms with Gasteiger partial charge in [-0.05, 0) is 45.8 Å². The monoisotopic (exact) mass is 306 g/mol. The van der Waals surface area contributed by atoms with Crippen LogP contribution in [0, 0.1) is 5.92 Å². The molecule has 0 aliphatic heterocycles. The SMILES string of the molecule is CNC(C)CC1CCCC1.CN[C@@H](C)[C@H](O)c1ccccc1. The van der Waals surface area contributed by atoms with Crippen molar-refractivity contribution < 1.29 is 5.11 Å². The molecule has 0 aromatic heterocycles. The molecule has 3 nitrogen and oxygen atoms in total. The molecule has 1 fully saturated rings. The minimum atomic E-state index is -0.420. The van der Waals surface area contributed by atoms with Gasteiger partial charge in [0.1, 0.15) is 0 Å². The van der Waals surface area contributed by atoms with Gasteiger partial charge >= 0.3 is 0 Å². The maximum Gasteiger partial charge on any atom is 0.0940 e. The molecule has 1 aliphatic carbocycles. The van der Waals surface area contributed by atoms with Crippen LogP contribution in [0.2, 0.25) is 0 Å². The average molecular weight is 306 g/mol. The number of nitrogens with one attached hydrogen (secondary N) is 2. The van der Waals surface area contributed by atoms with Crippen molar-refractivity contribution >= 4 is 0 Å². The zero-order chi connectivity index (χ0) is 16.4. The van der Waals surface area contributed by atoms with Crippen LogP contribution in [0.1, 0.15) is 57.6 Å². The summed E-state index contributed by atoms with van der Waals surface area (Å²) in [6.07, 6.45) is 6.87. The van der Waals surface area contributed by atoms with E-state index in [1.165, 1.54) is 32.1 Å². The number of rotatable bonds is 6. The Bertz CT molecular complexity index is 376. The molecule has 0 radical (unpaired) electrons. The van der Waals surface area contributed by atoms with Gasteiger partial charge in [-0.25, -0.2) is 0 Å². The molecule has 3 N–H and O–H groups in total. The highest BCUT2D eigenvalue weighted by Gasteiger charge is 2.16. The van der Waals surface area contributed by atoms with Crippen LogP contribution in [0.4, 0.5) is 0 Å². The summed E-state index contributed by atoms with van der Waals surface area (Å²) in [5.74, 6) is 1.03. The van der Waals surface area contributed by atoms with E-state index in [2.05, 4.69) is 24.6 Å². The Kier molecular flexibility index (Phi) is 9.37. The molecule has 1 saturated carbocycles. The molecule has 0 heterocycles. The summed E-state index contributed by atoms with van der Waals surface area (Å²) in [6, 6.07) is 10.5. The summed E-state index contributed by atoms with van der Waals surface area (Å²) >= 11 is 0. The van der Waals surface area contributed by atoms with Crippen molar-refractivity contribution in [1.82, 2.24) is 10.6 Å². The van der Waals surface area contributed by atoms with Crippen LogP contribution in [-0.4, -0.2) is 31.3 Å². The quantitative estimate of drug-likeness (QED) is 0.753. The second-order valence-electron chi connectivity index (χ2n) is 6.51. The van der Waals surface area contributed by atoms with Crippen LogP contribution in [0.3, 0.4) is 0 Å². The van der Waals surface area contributed by atoms with Crippen LogP contribution in [-0.2, 0) is 0 Å². The normalized spacial score (nSPS) is 19.1. The van der Waals surface area contributed by atoms with Gasteiger partial charge in [-0.3, -0.25) is 0 Å². The van der Waals surface area contributed by atoms with Gasteiger partial charge in [-0.2, -0.15) is 0 Å². The van der Waals surface area contributed by atoms with Crippen LogP contribution in [0.5, 0.6) is 0 Å². The van der Waals surface area contributed by atoms with Crippen molar-refractivity contribution in [3.05, 3.63) is 35.9 Å². The molecule has 1 aliphatic rings. The molecule has 3 heteroatoms. The second-order valence-corrected chi connectivity index (χ2v) is 6.51. The predicted octanol–water partition coefficient (Wildman–Crippen LogP) is 3.50. The third kappa shape index (κ3) is 6.91. The van der Waals surface area contributed by atoms with E-state index >= 15 is 0 Å². The number of hydrogen-bond donors (Lipinski definition) is 3. The van der Waals surface area contributed by atoms with Crippen molar-refractivity contribution in [2.24, 2.45) is 5.92 Å². The van der Waals surface area contributed by atoms with Crippen LogP contribution < -0.4 is 10.6 Å². The molecule has 0 saturated heterocycles. The van der Waals surface area contributed by atoms with E-state index in [-0.39, 0.29) is 6.04 Å². The van der Waals surface area contributed by atoms with E-state index in [1.807, 2.05) is 44.3 Å². The van der Waals surface area contributed by atoms with Gasteiger partial charge in [-0.15, -0.1) is 0 Å². The van der Waals surface area contributed by atoms with Crippen molar-refractivity contribution in [3.63, 3.8) is 0 Å².